The highest BCUT2D eigenvalue weighted by Gasteiger charge is 2.65. The van der Waals surface area contributed by atoms with Crippen LogP contribution in [0.15, 0.2) is 0 Å². The van der Waals surface area contributed by atoms with Gasteiger partial charge in [0.15, 0.2) is 0 Å². The van der Waals surface area contributed by atoms with Gasteiger partial charge >= 0.3 is 0 Å². The summed E-state index contributed by atoms with van der Waals surface area (Å²) in [4.78, 5) is 0. The topological polar surface area (TPSA) is 40.5 Å². The van der Waals surface area contributed by atoms with E-state index in [9.17, 15) is 10.2 Å². The molecule has 0 spiro atoms. The van der Waals surface area contributed by atoms with Crippen LogP contribution in [0, 0.1) is 10.8 Å². The Kier molecular flexibility index (Phi) is 1.64. The fraction of sp³-hybridized carbons (Fsp3) is 1.00. The minimum Gasteiger partial charge on any atom is -0.390 e. The second-order valence-corrected chi connectivity index (χ2v) is 7.17. The van der Waals surface area contributed by atoms with Crippen molar-refractivity contribution in [2.45, 2.75) is 70.0 Å². The summed E-state index contributed by atoms with van der Waals surface area (Å²) in [6.07, 6.45) is 6.60. The van der Waals surface area contributed by atoms with Crippen molar-refractivity contribution < 1.29 is 10.2 Å². The molecule has 2 unspecified atom stereocenters. The van der Waals surface area contributed by atoms with Crippen molar-refractivity contribution in [2.24, 2.45) is 10.8 Å². The zero-order valence-corrected chi connectivity index (χ0v) is 9.84. The van der Waals surface area contributed by atoms with E-state index in [2.05, 4.69) is 13.8 Å². The molecule has 0 aliphatic heterocycles. The molecule has 15 heavy (non-hydrogen) atoms. The van der Waals surface area contributed by atoms with Crippen molar-refractivity contribution in [3.05, 3.63) is 0 Å². The molecule has 4 bridgehead atoms. The summed E-state index contributed by atoms with van der Waals surface area (Å²) in [5.74, 6) is 0. The second kappa shape index (κ2) is 2.43. The smallest absolute Gasteiger partial charge is 0.0685 e. The van der Waals surface area contributed by atoms with Gasteiger partial charge in [0.1, 0.15) is 0 Å². The number of aliphatic hydroxyl groups is 2. The minimum atomic E-state index is -0.561. The summed E-state index contributed by atoms with van der Waals surface area (Å²) < 4.78 is 0. The van der Waals surface area contributed by atoms with Gasteiger partial charge in [0.05, 0.1) is 11.2 Å². The van der Waals surface area contributed by atoms with Crippen molar-refractivity contribution >= 4 is 0 Å². The van der Waals surface area contributed by atoms with Crippen LogP contribution >= 0.6 is 0 Å². The fourth-order valence-corrected chi connectivity index (χ4v) is 5.63. The molecule has 0 heterocycles. The molecule has 2 N–H and O–H groups in total. The van der Waals surface area contributed by atoms with Crippen LogP contribution in [0.25, 0.3) is 0 Å². The number of hydrogen-bond acceptors (Lipinski definition) is 2. The van der Waals surface area contributed by atoms with Gasteiger partial charge in [0.2, 0.25) is 0 Å². The first-order valence-electron chi connectivity index (χ1n) is 6.25. The lowest BCUT2D eigenvalue weighted by atomic mass is 9.41. The summed E-state index contributed by atoms with van der Waals surface area (Å²) in [7, 11) is 0. The summed E-state index contributed by atoms with van der Waals surface area (Å²) >= 11 is 0. The van der Waals surface area contributed by atoms with E-state index in [-0.39, 0.29) is 10.8 Å². The van der Waals surface area contributed by atoms with Crippen LogP contribution in [0.2, 0.25) is 0 Å². The first-order valence-corrected chi connectivity index (χ1v) is 6.25. The van der Waals surface area contributed by atoms with Gasteiger partial charge in [-0.05, 0) is 42.9 Å². The van der Waals surface area contributed by atoms with Crippen LogP contribution in [0.4, 0.5) is 0 Å². The molecule has 2 nitrogen and oxygen atoms in total. The van der Waals surface area contributed by atoms with E-state index in [1.165, 1.54) is 6.42 Å². The molecule has 0 aromatic rings. The molecular formula is C13H22O2. The number of rotatable bonds is 1. The molecule has 0 aromatic carbocycles. The molecule has 86 valence electrons. The van der Waals surface area contributed by atoms with Gasteiger partial charge in [-0.3, -0.25) is 0 Å². The van der Waals surface area contributed by atoms with Gasteiger partial charge < -0.3 is 10.2 Å². The van der Waals surface area contributed by atoms with E-state index in [4.69, 9.17) is 0 Å². The van der Waals surface area contributed by atoms with Gasteiger partial charge in [-0.25, -0.2) is 0 Å². The van der Waals surface area contributed by atoms with E-state index >= 15 is 0 Å². The lowest BCUT2D eigenvalue weighted by Crippen LogP contribution is -2.66. The molecule has 0 amide bonds. The van der Waals surface area contributed by atoms with Gasteiger partial charge in [-0.2, -0.15) is 0 Å². The van der Waals surface area contributed by atoms with Crippen LogP contribution < -0.4 is 0 Å². The molecule has 2 heteroatoms. The lowest BCUT2D eigenvalue weighted by Gasteiger charge is -2.67. The Morgan fingerprint density at radius 2 is 1.40 bits per heavy atom. The van der Waals surface area contributed by atoms with Crippen LogP contribution in [0.3, 0.4) is 0 Å². The molecule has 4 aliphatic rings. The van der Waals surface area contributed by atoms with E-state index in [1.807, 2.05) is 0 Å². The first kappa shape index (κ1) is 10.1. The van der Waals surface area contributed by atoms with Gasteiger partial charge in [0.25, 0.3) is 0 Å². The molecule has 4 rings (SSSR count). The highest BCUT2D eigenvalue weighted by Crippen LogP contribution is 2.68. The minimum absolute atomic E-state index is 0.189. The van der Waals surface area contributed by atoms with Crippen molar-refractivity contribution in [1.82, 2.24) is 0 Å². The zero-order chi connectivity index (χ0) is 10.9. The maximum absolute atomic E-state index is 10.6. The molecule has 0 aromatic heterocycles. The number of hydrogen-bond donors (Lipinski definition) is 2. The third kappa shape index (κ3) is 1.31. The Balaban J connectivity index is 2.06. The molecule has 4 fully saturated rings. The third-order valence-corrected chi connectivity index (χ3v) is 5.13. The van der Waals surface area contributed by atoms with Gasteiger partial charge in [0, 0.05) is 6.42 Å². The molecule has 0 radical (unpaired) electrons. The Labute approximate surface area is 91.7 Å². The quantitative estimate of drug-likeness (QED) is 0.697. The van der Waals surface area contributed by atoms with Crippen molar-refractivity contribution in [2.75, 3.05) is 0 Å². The zero-order valence-electron chi connectivity index (χ0n) is 9.84. The summed E-state index contributed by atoms with van der Waals surface area (Å²) in [6.45, 7) is 4.47. The average molecular weight is 210 g/mol. The summed E-state index contributed by atoms with van der Waals surface area (Å²) in [5.41, 5.74) is -0.705. The third-order valence-electron chi connectivity index (χ3n) is 5.13. The summed E-state index contributed by atoms with van der Waals surface area (Å²) in [5, 5.41) is 21.1. The maximum atomic E-state index is 10.6. The highest BCUT2D eigenvalue weighted by atomic mass is 16.3. The molecule has 2 atom stereocenters. The Hall–Kier alpha value is -0.0800. The normalized spacial score (nSPS) is 62.4. The largest absolute Gasteiger partial charge is 0.390 e. The van der Waals surface area contributed by atoms with Crippen molar-refractivity contribution in [3.63, 3.8) is 0 Å². The van der Waals surface area contributed by atoms with E-state index in [0.717, 1.165) is 32.1 Å². The lowest BCUT2D eigenvalue weighted by molar-refractivity contribution is -0.256. The second-order valence-electron chi connectivity index (χ2n) is 7.17. The monoisotopic (exact) mass is 210 g/mol. The van der Waals surface area contributed by atoms with Crippen LogP contribution in [-0.2, 0) is 0 Å². The van der Waals surface area contributed by atoms with E-state index in [1.54, 1.807) is 0 Å². The van der Waals surface area contributed by atoms with Gasteiger partial charge in [-0.1, -0.05) is 20.3 Å². The Morgan fingerprint density at radius 3 is 1.80 bits per heavy atom. The predicted molar refractivity (Wildman–Crippen MR) is 58.4 cm³/mol. The molecule has 4 aliphatic carbocycles. The average Bonchev–Trinajstić information content (AvgIpc) is 1.94. The van der Waals surface area contributed by atoms with Crippen LogP contribution in [0.5, 0.6) is 0 Å². The Bertz CT molecular complexity index is 256. The van der Waals surface area contributed by atoms with Crippen molar-refractivity contribution in [1.29, 1.82) is 0 Å². The SMILES string of the molecule is CCC12CC3(C)CC(O)(CC(O)(C3)C1)C2. The van der Waals surface area contributed by atoms with E-state index in [0.29, 0.717) is 6.42 Å². The van der Waals surface area contributed by atoms with Crippen LogP contribution in [-0.4, -0.2) is 21.4 Å². The van der Waals surface area contributed by atoms with Gasteiger partial charge in [-0.15, -0.1) is 0 Å². The molecular weight excluding hydrogens is 188 g/mol. The standard InChI is InChI=1S/C13H22O2/c1-3-11-4-10(2)5-12(14,7-11)9-13(15,6-10)8-11/h14-15H,3-9H2,1-2H3. The van der Waals surface area contributed by atoms with Crippen molar-refractivity contribution in [3.8, 4) is 0 Å². The molecule has 4 saturated carbocycles. The maximum Gasteiger partial charge on any atom is 0.0685 e. The first-order chi connectivity index (χ1) is 6.80. The Morgan fingerprint density at radius 1 is 0.867 bits per heavy atom. The van der Waals surface area contributed by atoms with Crippen LogP contribution in [0.1, 0.15) is 58.8 Å². The fourth-order valence-electron chi connectivity index (χ4n) is 5.63. The molecule has 0 saturated heterocycles. The van der Waals surface area contributed by atoms with E-state index < -0.39 is 11.2 Å². The highest BCUT2D eigenvalue weighted by molar-refractivity contribution is 5.17. The summed E-state index contributed by atoms with van der Waals surface area (Å²) in [6, 6.07) is 0. The predicted octanol–water partition coefficient (Wildman–Crippen LogP) is 2.23.